The number of nitrogens with zero attached hydrogens (tertiary/aromatic N) is 1. The van der Waals surface area contributed by atoms with Crippen molar-refractivity contribution in [3.8, 4) is 28.2 Å². The molecule has 0 aromatic heterocycles. The summed E-state index contributed by atoms with van der Waals surface area (Å²) in [6, 6.07) is 20.3. The average Bonchev–Trinajstić information content (AvgIpc) is 2.82. The van der Waals surface area contributed by atoms with Crippen molar-refractivity contribution < 1.29 is 9.15 Å². The van der Waals surface area contributed by atoms with Crippen LogP contribution in [-0.4, -0.2) is 20.2 Å². The first-order chi connectivity index (χ1) is 15.6. The first kappa shape index (κ1) is 21.9. The Kier molecular flexibility index (Phi) is 6.79. The van der Waals surface area contributed by atoms with Crippen molar-refractivity contribution in [3.05, 3.63) is 66.0 Å². The molecule has 0 saturated heterocycles. The Labute approximate surface area is 190 Å². The molecule has 2 aromatic carbocycles. The summed E-state index contributed by atoms with van der Waals surface area (Å²) >= 11 is 0. The molecule has 0 atom stereocenters. The van der Waals surface area contributed by atoms with Gasteiger partial charge in [0.1, 0.15) is 17.1 Å². The van der Waals surface area contributed by atoms with Gasteiger partial charge in [-0.3, -0.25) is 0 Å². The van der Waals surface area contributed by atoms with Gasteiger partial charge in [-0.2, -0.15) is 0 Å². The number of rotatable bonds is 9. The van der Waals surface area contributed by atoms with E-state index in [1.165, 1.54) is 31.4 Å². The highest BCUT2D eigenvalue weighted by molar-refractivity contribution is 6.02. The maximum atomic E-state index is 8.10. The molecule has 1 N–H and O–H groups in total. The number of hydrogen-bond donors (Lipinski definition) is 1. The quantitative estimate of drug-likeness (QED) is 0.289. The van der Waals surface area contributed by atoms with Crippen LogP contribution >= 0.6 is 0 Å². The molecule has 2 aromatic rings. The van der Waals surface area contributed by atoms with Crippen molar-refractivity contribution in [2.75, 3.05) is 25.1 Å². The zero-order chi connectivity index (χ0) is 22.5. The predicted octanol–water partition coefficient (Wildman–Crippen LogP) is 7.10. The van der Waals surface area contributed by atoms with Gasteiger partial charge < -0.3 is 19.5 Å². The van der Waals surface area contributed by atoms with Crippen LogP contribution in [0, 0.1) is 5.41 Å². The van der Waals surface area contributed by atoms with Crippen LogP contribution in [0.25, 0.3) is 33.4 Å². The molecule has 1 aliphatic carbocycles. The summed E-state index contributed by atoms with van der Waals surface area (Å²) in [6.07, 6.45) is 4.71. The third-order valence-corrected chi connectivity index (χ3v) is 5.99. The lowest BCUT2D eigenvalue weighted by Gasteiger charge is -2.25. The van der Waals surface area contributed by atoms with E-state index in [9.17, 15) is 0 Å². The Balaban J connectivity index is 1.92. The Bertz CT molecular complexity index is 1220. The second-order valence-corrected chi connectivity index (χ2v) is 8.29. The fourth-order valence-corrected chi connectivity index (χ4v) is 4.23. The van der Waals surface area contributed by atoms with Gasteiger partial charge in [-0.1, -0.05) is 38.8 Å². The number of methoxy groups -OCH3 is 1. The molecule has 1 heterocycles. The predicted molar refractivity (Wildman–Crippen MR) is 133 cm³/mol. The molecule has 0 amide bonds. The summed E-state index contributed by atoms with van der Waals surface area (Å²) in [4.78, 5) is 2.47. The molecule has 4 rings (SSSR count). The highest BCUT2D eigenvalue weighted by Crippen LogP contribution is 2.41. The van der Waals surface area contributed by atoms with Gasteiger partial charge in [0.05, 0.1) is 12.5 Å². The number of fused-ring (bicyclic) bond motifs is 2. The van der Waals surface area contributed by atoms with Crippen LogP contribution in [0.5, 0.6) is 5.75 Å². The first-order valence-electron chi connectivity index (χ1n) is 11.6. The maximum absolute atomic E-state index is 8.10. The van der Waals surface area contributed by atoms with E-state index < -0.39 is 0 Å². The van der Waals surface area contributed by atoms with E-state index >= 15 is 0 Å². The minimum Gasteiger partial charge on any atom is -0.497 e. The Morgan fingerprint density at radius 2 is 1.69 bits per heavy atom. The summed E-state index contributed by atoms with van der Waals surface area (Å²) < 4.78 is 11.9. The highest BCUT2D eigenvalue weighted by atomic mass is 16.5. The zero-order valence-electron chi connectivity index (χ0n) is 19.3. The van der Waals surface area contributed by atoms with Crippen molar-refractivity contribution in [1.82, 2.24) is 0 Å². The minimum absolute atomic E-state index is 0.445. The van der Waals surface area contributed by atoms with E-state index in [0.29, 0.717) is 5.36 Å². The molecule has 0 bridgehead atoms. The molecular weight excluding hydrogens is 396 g/mol. The van der Waals surface area contributed by atoms with Crippen molar-refractivity contribution in [3.63, 3.8) is 0 Å². The molecule has 2 aliphatic rings. The monoisotopic (exact) mass is 428 g/mol. The van der Waals surface area contributed by atoms with Crippen LogP contribution in [0.1, 0.15) is 39.5 Å². The van der Waals surface area contributed by atoms with Crippen molar-refractivity contribution in [1.29, 1.82) is 5.41 Å². The number of ether oxygens (including phenoxy) is 1. The molecule has 0 unspecified atom stereocenters. The number of benzene rings is 3. The van der Waals surface area contributed by atoms with E-state index in [1.54, 1.807) is 13.2 Å². The number of anilines is 1. The van der Waals surface area contributed by atoms with Crippen molar-refractivity contribution in [2.24, 2.45) is 0 Å². The van der Waals surface area contributed by atoms with Gasteiger partial charge in [0, 0.05) is 47.4 Å². The SMILES string of the molecule is CCCCN(CCCC)c1ccc2c(-c3cccc(OC)c3)c3ccc(=N)cc-3oc2c1. The molecule has 0 spiro atoms. The standard InChI is InChI=1S/C28H32N2O2/c1-4-6-15-30(16-7-5-2)22-12-14-25-27(19-22)32-26-18-21(29)11-13-24(26)28(25)20-9-8-10-23(17-20)31-3/h8-14,17-19,29H,4-7,15-16H2,1-3H3. The third kappa shape index (κ3) is 4.50. The summed E-state index contributed by atoms with van der Waals surface area (Å²) in [5, 5.41) is 9.61. The minimum atomic E-state index is 0.445. The fraction of sp³-hybridized carbons (Fsp3) is 0.321. The lowest BCUT2D eigenvalue weighted by atomic mass is 9.93. The lowest BCUT2D eigenvalue weighted by molar-refractivity contribution is 0.415. The average molecular weight is 429 g/mol. The maximum Gasteiger partial charge on any atom is 0.137 e. The van der Waals surface area contributed by atoms with Gasteiger partial charge in [0.2, 0.25) is 0 Å². The smallest absolute Gasteiger partial charge is 0.137 e. The van der Waals surface area contributed by atoms with E-state index in [1.807, 2.05) is 24.3 Å². The highest BCUT2D eigenvalue weighted by Gasteiger charge is 2.18. The fourth-order valence-electron chi connectivity index (χ4n) is 4.23. The Morgan fingerprint density at radius 1 is 0.906 bits per heavy atom. The first-order valence-corrected chi connectivity index (χ1v) is 11.6. The molecule has 0 saturated carbocycles. The molecule has 0 fully saturated rings. The van der Waals surface area contributed by atoms with Crippen LogP contribution in [-0.2, 0) is 0 Å². The van der Waals surface area contributed by atoms with E-state index in [0.717, 1.165) is 52.3 Å². The topological polar surface area (TPSA) is 49.5 Å². The lowest BCUT2D eigenvalue weighted by Crippen LogP contribution is -2.25. The third-order valence-electron chi connectivity index (χ3n) is 5.99. The van der Waals surface area contributed by atoms with Gasteiger partial charge >= 0.3 is 0 Å². The Morgan fingerprint density at radius 3 is 2.41 bits per heavy atom. The number of nitrogens with one attached hydrogen (secondary N) is 1. The number of hydrogen-bond acceptors (Lipinski definition) is 4. The van der Waals surface area contributed by atoms with Gasteiger partial charge in [0.25, 0.3) is 0 Å². The largest absolute Gasteiger partial charge is 0.497 e. The van der Waals surface area contributed by atoms with Gasteiger partial charge in [-0.15, -0.1) is 0 Å². The summed E-state index contributed by atoms with van der Waals surface area (Å²) in [5.41, 5.74) is 5.23. The molecule has 4 heteroatoms. The Hall–Kier alpha value is -3.27. The second kappa shape index (κ2) is 9.90. The van der Waals surface area contributed by atoms with E-state index in [-0.39, 0.29) is 0 Å². The normalized spacial score (nSPS) is 11.2. The van der Waals surface area contributed by atoms with Gasteiger partial charge in [0.15, 0.2) is 0 Å². The molecule has 4 nitrogen and oxygen atoms in total. The van der Waals surface area contributed by atoms with E-state index in [4.69, 9.17) is 14.6 Å². The van der Waals surface area contributed by atoms with Gasteiger partial charge in [-0.05, 0) is 54.8 Å². The van der Waals surface area contributed by atoms with Crippen LogP contribution < -0.4 is 15.0 Å². The summed E-state index contributed by atoms with van der Waals surface area (Å²) in [7, 11) is 1.69. The van der Waals surface area contributed by atoms with E-state index in [2.05, 4.69) is 49.1 Å². The van der Waals surface area contributed by atoms with Gasteiger partial charge in [-0.25, -0.2) is 0 Å². The molecule has 32 heavy (non-hydrogen) atoms. The summed E-state index contributed by atoms with van der Waals surface area (Å²) in [5.74, 6) is 1.55. The van der Waals surface area contributed by atoms with Crippen LogP contribution in [0.15, 0.2) is 65.1 Å². The second-order valence-electron chi connectivity index (χ2n) is 8.29. The molecule has 0 radical (unpaired) electrons. The summed E-state index contributed by atoms with van der Waals surface area (Å²) in [6.45, 7) is 6.57. The van der Waals surface area contributed by atoms with Crippen LogP contribution in [0.4, 0.5) is 5.69 Å². The van der Waals surface area contributed by atoms with Crippen LogP contribution in [0.2, 0.25) is 0 Å². The number of unbranched alkanes of at least 4 members (excludes halogenated alkanes) is 2. The van der Waals surface area contributed by atoms with Crippen molar-refractivity contribution in [2.45, 2.75) is 39.5 Å². The van der Waals surface area contributed by atoms with Crippen molar-refractivity contribution >= 4 is 16.7 Å². The molecule has 166 valence electrons. The molecular formula is C28H32N2O2. The zero-order valence-corrected chi connectivity index (χ0v) is 19.3. The molecule has 1 aliphatic heterocycles. The van der Waals surface area contributed by atoms with Crippen LogP contribution in [0.3, 0.4) is 0 Å².